The van der Waals surface area contributed by atoms with Crippen LogP contribution in [0.2, 0.25) is 0 Å². The first-order valence-electron chi connectivity index (χ1n) is 20.3. The first kappa shape index (κ1) is 48.4. The molecule has 0 amide bonds. The van der Waals surface area contributed by atoms with Gasteiger partial charge in [-0.25, -0.2) is 0 Å². The molecule has 0 bridgehead atoms. The molecule has 0 aliphatic rings. The molecule has 0 aromatic heterocycles. The van der Waals surface area contributed by atoms with Crippen LogP contribution in [0.4, 0.5) is 0 Å². The van der Waals surface area contributed by atoms with Crippen LogP contribution >= 0.6 is 0 Å². The zero-order valence-electron chi connectivity index (χ0n) is 37.0. The second kappa shape index (κ2) is 20.6. The molecule has 2 N–H and O–H groups in total. The van der Waals surface area contributed by atoms with Gasteiger partial charge in [0, 0.05) is 63.5 Å². The van der Waals surface area contributed by atoms with Crippen molar-refractivity contribution >= 4 is 0 Å². The molecule has 0 saturated heterocycles. The third-order valence-electron chi connectivity index (χ3n) is 10.5. The van der Waals surface area contributed by atoms with Gasteiger partial charge in [-0.1, -0.05) is 182 Å². The number of phenols is 2. The van der Waals surface area contributed by atoms with E-state index in [2.05, 4.69) is 192 Å². The van der Waals surface area contributed by atoms with Crippen LogP contribution in [0.5, 0.6) is 11.5 Å². The zero-order valence-corrected chi connectivity index (χ0v) is 39.5. The molecule has 0 unspecified atom stereocenters. The van der Waals surface area contributed by atoms with E-state index < -0.39 is 0 Å². The van der Waals surface area contributed by atoms with Crippen LogP contribution in [-0.2, 0) is 73.8 Å². The number of likely N-dealkylation sites (N-methyl/N-ethyl adjacent to an activating group) is 2. The van der Waals surface area contributed by atoms with Crippen molar-refractivity contribution in [3.8, 4) is 11.5 Å². The number of aromatic hydroxyl groups is 2. The Morgan fingerprint density at radius 3 is 1.02 bits per heavy atom. The monoisotopic (exact) mass is 824 g/mol. The molecule has 0 fully saturated rings. The summed E-state index contributed by atoms with van der Waals surface area (Å²) < 4.78 is 0. The van der Waals surface area contributed by atoms with Gasteiger partial charge < -0.3 is 10.2 Å². The van der Waals surface area contributed by atoms with Gasteiger partial charge in [0.2, 0.25) is 0 Å². The Labute approximate surface area is 355 Å². The largest absolute Gasteiger partial charge is 0.507 e. The van der Waals surface area contributed by atoms with Crippen molar-refractivity contribution < 1.29 is 36.4 Å². The minimum atomic E-state index is -0.133. The molecule has 4 aromatic rings. The van der Waals surface area contributed by atoms with Crippen LogP contribution < -0.4 is 0 Å². The maximum absolute atomic E-state index is 11.3. The first-order valence-corrected chi connectivity index (χ1v) is 20.3. The molecule has 300 valence electrons. The quantitative estimate of drug-likeness (QED) is 0.149. The molecule has 55 heavy (non-hydrogen) atoms. The van der Waals surface area contributed by atoms with Gasteiger partial charge in [-0.15, -0.1) is 0 Å². The van der Waals surface area contributed by atoms with Gasteiger partial charge in [-0.3, -0.25) is 9.80 Å². The second-order valence-corrected chi connectivity index (χ2v) is 19.3. The number of hydrogen-bond acceptors (Lipinski definition) is 4. The zero-order chi connectivity index (χ0) is 40.5. The van der Waals surface area contributed by atoms with Crippen LogP contribution in [0.3, 0.4) is 0 Å². The molecule has 4 nitrogen and oxygen atoms in total. The van der Waals surface area contributed by atoms with E-state index in [0.29, 0.717) is 24.6 Å². The van der Waals surface area contributed by atoms with Crippen molar-refractivity contribution in [2.24, 2.45) is 0 Å². The SMILES string of the molecule is CCN(CCN(CC)Cc1cc(C(C)(C)C)cc(C(C)(C)C)c1O)Cc1cc(C(C)(C)C)cc(C(C)(C)C)c1O.[Zr].c1ccc(CCc2ccccc2)cc1. The Morgan fingerprint density at radius 2 is 0.764 bits per heavy atom. The molecule has 0 aliphatic carbocycles. The van der Waals surface area contributed by atoms with Crippen molar-refractivity contribution in [1.82, 2.24) is 9.80 Å². The summed E-state index contributed by atoms with van der Waals surface area (Å²) in [5.41, 5.74) is 9.16. The van der Waals surface area contributed by atoms with Gasteiger partial charge in [0.1, 0.15) is 11.5 Å². The first-order chi connectivity index (χ1) is 25.0. The molecule has 0 saturated carbocycles. The predicted molar refractivity (Wildman–Crippen MR) is 233 cm³/mol. The summed E-state index contributed by atoms with van der Waals surface area (Å²) in [6, 6.07) is 30.0. The van der Waals surface area contributed by atoms with Crippen LogP contribution in [0.25, 0.3) is 0 Å². The normalized spacial score (nSPS) is 12.4. The van der Waals surface area contributed by atoms with E-state index in [1.54, 1.807) is 0 Å². The Morgan fingerprint density at radius 1 is 0.455 bits per heavy atom. The summed E-state index contributed by atoms with van der Waals surface area (Å²) in [5, 5.41) is 22.7. The fourth-order valence-corrected chi connectivity index (χ4v) is 6.68. The number of phenolic OH excluding ortho intramolecular Hbond substituents is 2. The number of rotatable bonds is 12. The van der Waals surface area contributed by atoms with Crippen LogP contribution in [-0.4, -0.2) is 46.2 Å². The molecule has 5 heteroatoms. The Kier molecular flexibility index (Phi) is 18.2. The van der Waals surface area contributed by atoms with E-state index >= 15 is 0 Å². The van der Waals surface area contributed by atoms with Crippen molar-refractivity contribution in [3.05, 3.63) is 129 Å². The van der Waals surface area contributed by atoms with E-state index in [1.807, 2.05) is 0 Å². The number of nitrogens with zero attached hydrogens (tertiary/aromatic N) is 2. The number of aryl methyl sites for hydroxylation is 2. The van der Waals surface area contributed by atoms with Gasteiger partial charge in [0.25, 0.3) is 0 Å². The summed E-state index contributed by atoms with van der Waals surface area (Å²) in [5.74, 6) is 0.870. The molecular weight excluding hydrogens is 752 g/mol. The maximum atomic E-state index is 11.3. The summed E-state index contributed by atoms with van der Waals surface area (Å²) in [4.78, 5) is 4.84. The Bertz CT molecular complexity index is 1610. The van der Waals surface area contributed by atoms with Crippen LogP contribution in [0.15, 0.2) is 84.9 Å². The fraction of sp³-hybridized carbons (Fsp3) is 0.520. The molecule has 4 rings (SSSR count). The summed E-state index contributed by atoms with van der Waals surface area (Å²) in [7, 11) is 0. The minimum Gasteiger partial charge on any atom is -0.507 e. The average Bonchev–Trinajstić information content (AvgIpc) is 3.09. The molecule has 0 aliphatic heterocycles. The van der Waals surface area contributed by atoms with E-state index in [9.17, 15) is 10.2 Å². The summed E-state index contributed by atoms with van der Waals surface area (Å²) in [6.07, 6.45) is 2.26. The maximum Gasteiger partial charge on any atom is 0.123 e. The minimum absolute atomic E-state index is 0. The third kappa shape index (κ3) is 14.9. The number of benzene rings is 4. The van der Waals surface area contributed by atoms with Gasteiger partial charge in [0.05, 0.1) is 0 Å². The van der Waals surface area contributed by atoms with Crippen LogP contribution in [0, 0.1) is 0 Å². The van der Waals surface area contributed by atoms with Crippen LogP contribution in [0.1, 0.15) is 141 Å². The van der Waals surface area contributed by atoms with Crippen molar-refractivity contribution in [1.29, 1.82) is 0 Å². The van der Waals surface area contributed by atoms with Crippen molar-refractivity contribution in [2.75, 3.05) is 26.2 Å². The average molecular weight is 826 g/mol. The second-order valence-electron chi connectivity index (χ2n) is 19.3. The van der Waals surface area contributed by atoms with E-state index in [-0.39, 0.29) is 47.9 Å². The predicted octanol–water partition coefficient (Wildman–Crippen LogP) is 12.1. The Hall–Kier alpha value is -2.72. The summed E-state index contributed by atoms with van der Waals surface area (Å²) >= 11 is 0. The molecule has 0 radical (unpaired) electrons. The Balaban J connectivity index is 0.000000579. The van der Waals surface area contributed by atoms with Gasteiger partial charge in [-0.05, 0) is 81.0 Å². The fourth-order valence-electron chi connectivity index (χ4n) is 6.68. The van der Waals surface area contributed by atoms with Gasteiger partial charge in [-0.2, -0.15) is 0 Å². The van der Waals surface area contributed by atoms with E-state index in [0.717, 1.165) is 61.3 Å². The molecular formula is C50H74N2O2Zr. The standard InChI is InChI=1S/C36H60N2O2.C14H14.Zr/c1-15-37(23-25-19-27(33(3,4)5)21-29(31(25)39)35(9,10)11)17-18-38(16-2)24-26-20-28(34(6,7)8)22-30(32(26)40)36(12,13)14;1-3-7-13(8-4-1)11-12-14-9-5-2-6-10-14;/h19-22,39-40H,15-18,23-24H2,1-14H3;1-10H,11-12H2;. The summed E-state index contributed by atoms with van der Waals surface area (Å²) in [6.45, 7) is 35.9. The number of hydrogen-bond donors (Lipinski definition) is 2. The van der Waals surface area contributed by atoms with Gasteiger partial charge in [0.15, 0.2) is 0 Å². The third-order valence-corrected chi connectivity index (χ3v) is 10.5. The smallest absolute Gasteiger partial charge is 0.123 e. The molecule has 4 aromatic carbocycles. The topological polar surface area (TPSA) is 46.9 Å². The van der Waals surface area contributed by atoms with E-state index in [1.165, 1.54) is 22.3 Å². The molecule has 0 heterocycles. The van der Waals surface area contributed by atoms with Crippen molar-refractivity contribution in [3.63, 3.8) is 0 Å². The molecule has 0 atom stereocenters. The van der Waals surface area contributed by atoms with E-state index in [4.69, 9.17) is 0 Å². The van der Waals surface area contributed by atoms with Crippen molar-refractivity contribution in [2.45, 2.75) is 145 Å². The van der Waals surface area contributed by atoms with Gasteiger partial charge >= 0.3 is 0 Å². The molecule has 0 spiro atoms.